The van der Waals surface area contributed by atoms with Gasteiger partial charge < -0.3 is 5.32 Å². The number of fused-ring (bicyclic) bond motifs is 1. The molecule has 0 spiro atoms. The maximum absolute atomic E-state index is 14.8. The fourth-order valence-electron chi connectivity index (χ4n) is 3.67. The third-order valence-electron chi connectivity index (χ3n) is 5.29. The molecule has 4 rings (SSSR count). The van der Waals surface area contributed by atoms with E-state index < -0.39 is 21.7 Å². The summed E-state index contributed by atoms with van der Waals surface area (Å²) in [6, 6.07) is 21.0. The lowest BCUT2D eigenvalue weighted by atomic mass is 10.0. The Hall–Kier alpha value is -3.78. The van der Waals surface area contributed by atoms with Gasteiger partial charge in [0.25, 0.3) is 15.9 Å². The van der Waals surface area contributed by atoms with Gasteiger partial charge in [0, 0.05) is 11.6 Å². The first-order chi connectivity index (χ1) is 15.9. The second-order valence-electron chi connectivity index (χ2n) is 7.44. The van der Waals surface area contributed by atoms with Gasteiger partial charge in [0.15, 0.2) is 0 Å². The highest BCUT2D eigenvalue weighted by Crippen LogP contribution is 2.27. The van der Waals surface area contributed by atoms with Crippen molar-refractivity contribution in [3.63, 3.8) is 0 Å². The molecule has 0 saturated carbocycles. The molecule has 0 aliphatic rings. The van der Waals surface area contributed by atoms with E-state index >= 15 is 0 Å². The molecule has 8 heteroatoms. The summed E-state index contributed by atoms with van der Waals surface area (Å²) in [5.41, 5.74) is 0.630. The summed E-state index contributed by atoms with van der Waals surface area (Å²) < 4.78 is 43.6. The number of benzene rings is 3. The van der Waals surface area contributed by atoms with Gasteiger partial charge >= 0.3 is 0 Å². The molecule has 1 heterocycles. The average Bonchev–Trinajstić information content (AvgIpc) is 2.82. The largest absolute Gasteiger partial charge is 0.345 e. The normalized spacial score (nSPS) is 12.3. The molecule has 0 aliphatic heterocycles. The summed E-state index contributed by atoms with van der Waals surface area (Å²) in [7, 11) is -4.16. The predicted octanol–water partition coefficient (Wildman–Crippen LogP) is 5.06. The van der Waals surface area contributed by atoms with Crippen LogP contribution in [0.3, 0.4) is 0 Å². The van der Waals surface area contributed by atoms with Crippen molar-refractivity contribution in [3.05, 3.63) is 102 Å². The number of amides is 1. The van der Waals surface area contributed by atoms with Crippen LogP contribution in [0, 0.1) is 5.82 Å². The van der Waals surface area contributed by atoms with Crippen molar-refractivity contribution in [2.45, 2.75) is 24.3 Å². The van der Waals surface area contributed by atoms with Gasteiger partial charge in [-0.25, -0.2) is 12.8 Å². The van der Waals surface area contributed by atoms with Crippen LogP contribution in [0.15, 0.2) is 90.0 Å². The number of carbonyl (C=O) groups excluding carboxylic acids is 1. The summed E-state index contributed by atoms with van der Waals surface area (Å²) in [5, 5.41) is 3.45. The number of aromatic nitrogens is 1. The van der Waals surface area contributed by atoms with Gasteiger partial charge in [-0.1, -0.05) is 61.5 Å². The summed E-state index contributed by atoms with van der Waals surface area (Å²) in [4.78, 5) is 17.2. The third kappa shape index (κ3) is 4.70. The molecule has 0 radical (unpaired) electrons. The Morgan fingerprint density at radius 3 is 2.45 bits per heavy atom. The molecule has 0 bridgehead atoms. The van der Waals surface area contributed by atoms with Crippen LogP contribution >= 0.6 is 0 Å². The number of nitrogens with zero attached hydrogens (tertiary/aromatic N) is 1. The Morgan fingerprint density at radius 1 is 0.970 bits per heavy atom. The van der Waals surface area contributed by atoms with Crippen LogP contribution in [-0.2, 0) is 10.0 Å². The first-order valence-electron chi connectivity index (χ1n) is 10.4. The summed E-state index contributed by atoms with van der Waals surface area (Å²) in [5.74, 6) is -1.54. The number of nitrogens with one attached hydrogen (secondary N) is 2. The molecule has 1 atom stereocenters. The van der Waals surface area contributed by atoms with Crippen LogP contribution in [0.2, 0.25) is 0 Å². The van der Waals surface area contributed by atoms with E-state index in [4.69, 9.17) is 0 Å². The van der Waals surface area contributed by atoms with E-state index in [0.29, 0.717) is 11.8 Å². The highest BCUT2D eigenvalue weighted by Gasteiger charge is 2.25. The number of carbonyl (C=O) groups is 1. The van der Waals surface area contributed by atoms with E-state index in [2.05, 4.69) is 15.0 Å². The quantitative estimate of drug-likeness (QED) is 0.401. The molecule has 1 aromatic heterocycles. The number of pyridine rings is 1. The van der Waals surface area contributed by atoms with Crippen LogP contribution in [0.4, 0.5) is 10.1 Å². The Balaban J connectivity index is 1.69. The third-order valence-corrected chi connectivity index (χ3v) is 6.68. The fourth-order valence-corrected chi connectivity index (χ4v) is 4.92. The molecule has 0 aliphatic carbocycles. The summed E-state index contributed by atoms with van der Waals surface area (Å²) in [6.07, 6.45) is 2.07. The lowest BCUT2D eigenvalue weighted by Gasteiger charge is -2.19. The SMILES string of the molecule is CCC(NC(=O)c1c(F)cccc1NS(=O)(=O)c1cccc2cccnc12)c1ccccc1. The Bertz CT molecular complexity index is 1400. The zero-order chi connectivity index (χ0) is 23.4. The van der Waals surface area contributed by atoms with Crippen LogP contribution in [0.5, 0.6) is 0 Å². The Morgan fingerprint density at radius 2 is 1.70 bits per heavy atom. The van der Waals surface area contributed by atoms with Gasteiger partial charge in [-0.3, -0.25) is 14.5 Å². The van der Waals surface area contributed by atoms with E-state index in [0.717, 1.165) is 11.6 Å². The van der Waals surface area contributed by atoms with Crippen LogP contribution in [0.1, 0.15) is 35.3 Å². The predicted molar refractivity (Wildman–Crippen MR) is 126 cm³/mol. The van der Waals surface area contributed by atoms with Crippen LogP contribution < -0.4 is 10.0 Å². The van der Waals surface area contributed by atoms with Gasteiger partial charge in [-0.2, -0.15) is 0 Å². The number of rotatable bonds is 7. The van der Waals surface area contributed by atoms with Crippen molar-refractivity contribution < 1.29 is 17.6 Å². The second-order valence-corrected chi connectivity index (χ2v) is 9.09. The molecule has 3 aromatic carbocycles. The van der Waals surface area contributed by atoms with Crippen LogP contribution in [0.25, 0.3) is 10.9 Å². The number of anilines is 1. The summed E-state index contributed by atoms with van der Waals surface area (Å²) >= 11 is 0. The number of halogens is 1. The lowest BCUT2D eigenvalue weighted by Crippen LogP contribution is -2.30. The van der Waals surface area contributed by atoms with E-state index in [1.54, 1.807) is 24.3 Å². The van der Waals surface area contributed by atoms with Gasteiger partial charge in [0.05, 0.1) is 22.8 Å². The van der Waals surface area contributed by atoms with Crippen molar-refractivity contribution in [3.8, 4) is 0 Å². The topological polar surface area (TPSA) is 88.2 Å². The Kier molecular flexibility index (Phi) is 6.37. The van der Waals surface area contributed by atoms with Crippen molar-refractivity contribution >= 4 is 32.5 Å². The first kappa shape index (κ1) is 22.4. The average molecular weight is 464 g/mol. The zero-order valence-electron chi connectivity index (χ0n) is 17.8. The lowest BCUT2D eigenvalue weighted by molar-refractivity contribution is 0.0932. The minimum absolute atomic E-state index is 0.0630. The van der Waals surface area contributed by atoms with Crippen molar-refractivity contribution in [2.75, 3.05) is 4.72 Å². The van der Waals surface area contributed by atoms with E-state index in [-0.39, 0.29) is 27.7 Å². The van der Waals surface area contributed by atoms with E-state index in [1.165, 1.54) is 24.4 Å². The molecule has 1 amide bonds. The van der Waals surface area contributed by atoms with E-state index in [1.807, 2.05) is 37.3 Å². The number of hydrogen-bond donors (Lipinski definition) is 2. The number of sulfonamides is 1. The highest BCUT2D eigenvalue weighted by atomic mass is 32.2. The van der Waals surface area contributed by atoms with Gasteiger partial charge in [-0.15, -0.1) is 0 Å². The number of para-hydroxylation sites is 1. The molecule has 1 unspecified atom stereocenters. The highest BCUT2D eigenvalue weighted by molar-refractivity contribution is 7.93. The molecular weight excluding hydrogens is 441 g/mol. The van der Waals surface area contributed by atoms with Gasteiger partial charge in [-0.05, 0) is 36.2 Å². The van der Waals surface area contributed by atoms with Crippen molar-refractivity contribution in [2.24, 2.45) is 0 Å². The maximum Gasteiger partial charge on any atom is 0.264 e. The van der Waals surface area contributed by atoms with Crippen molar-refractivity contribution in [1.82, 2.24) is 10.3 Å². The van der Waals surface area contributed by atoms with Crippen molar-refractivity contribution in [1.29, 1.82) is 0 Å². The maximum atomic E-state index is 14.8. The Labute approximate surface area is 191 Å². The van der Waals surface area contributed by atoms with E-state index in [9.17, 15) is 17.6 Å². The van der Waals surface area contributed by atoms with Crippen LogP contribution in [-0.4, -0.2) is 19.3 Å². The van der Waals surface area contributed by atoms with Gasteiger partial charge in [0.1, 0.15) is 10.7 Å². The molecular formula is C25H22FN3O3S. The molecule has 0 saturated heterocycles. The second kappa shape index (κ2) is 9.38. The minimum atomic E-state index is -4.16. The smallest absolute Gasteiger partial charge is 0.264 e. The molecule has 6 nitrogen and oxygen atoms in total. The number of hydrogen-bond acceptors (Lipinski definition) is 4. The zero-order valence-corrected chi connectivity index (χ0v) is 18.6. The first-order valence-corrected chi connectivity index (χ1v) is 11.9. The monoisotopic (exact) mass is 463 g/mol. The van der Waals surface area contributed by atoms with Gasteiger partial charge in [0.2, 0.25) is 0 Å². The molecule has 0 fully saturated rings. The standard InChI is InChI=1S/C25H22FN3O3S/c1-2-20(17-9-4-3-5-10-17)28-25(30)23-19(26)13-7-14-21(23)29-33(31,32)22-15-6-11-18-12-8-16-27-24(18)22/h3-16,20,29H,2H2,1H3,(H,28,30). The molecule has 4 aromatic rings. The minimum Gasteiger partial charge on any atom is -0.345 e. The molecule has 2 N–H and O–H groups in total. The fraction of sp³-hybridized carbons (Fsp3) is 0.120. The molecule has 168 valence electrons. The molecule has 33 heavy (non-hydrogen) atoms. The summed E-state index contributed by atoms with van der Waals surface area (Å²) in [6.45, 7) is 1.90.